The molecule has 0 aliphatic heterocycles. The second kappa shape index (κ2) is 7.20. The van der Waals surface area contributed by atoms with Crippen molar-refractivity contribution < 1.29 is 28.2 Å². The molecule has 7 heteroatoms. The molecule has 0 aliphatic carbocycles. The fraction of sp³-hybridized carbons (Fsp3) is 0.467. The highest BCUT2D eigenvalue weighted by atomic mass is 19.1. The number of hydrogen-bond acceptors (Lipinski definition) is 3. The Morgan fingerprint density at radius 3 is 2.50 bits per heavy atom. The maximum atomic E-state index is 13.5. The van der Waals surface area contributed by atoms with Gasteiger partial charge in [-0.15, -0.1) is 0 Å². The number of rotatable bonds is 5. The SMILES string of the molecule is CC(C)(C)OC(=O)NC[C@@H](Cc1cc(F)ccc1F)C(=O)O. The van der Waals surface area contributed by atoms with E-state index in [0.717, 1.165) is 18.2 Å². The highest BCUT2D eigenvalue weighted by Crippen LogP contribution is 2.15. The Bertz CT molecular complexity index is 555. The van der Waals surface area contributed by atoms with E-state index in [2.05, 4.69) is 5.32 Å². The minimum atomic E-state index is -1.22. The van der Waals surface area contributed by atoms with Crippen LogP contribution >= 0.6 is 0 Å². The van der Waals surface area contributed by atoms with Crippen LogP contribution in [0.4, 0.5) is 13.6 Å². The Hall–Kier alpha value is -2.18. The second-order valence-electron chi connectivity index (χ2n) is 5.86. The van der Waals surface area contributed by atoms with Gasteiger partial charge in [-0.3, -0.25) is 4.79 Å². The first kappa shape index (κ1) is 17.9. The number of nitrogens with one attached hydrogen (secondary N) is 1. The zero-order valence-corrected chi connectivity index (χ0v) is 12.7. The maximum absolute atomic E-state index is 13.5. The van der Waals surface area contributed by atoms with Crippen LogP contribution in [0.15, 0.2) is 18.2 Å². The number of halogens is 2. The topological polar surface area (TPSA) is 75.6 Å². The average molecular weight is 315 g/mol. The maximum Gasteiger partial charge on any atom is 0.407 e. The van der Waals surface area contributed by atoms with Crippen LogP contribution in [0.1, 0.15) is 26.3 Å². The van der Waals surface area contributed by atoms with Crippen molar-refractivity contribution in [3.63, 3.8) is 0 Å². The predicted molar refractivity (Wildman–Crippen MR) is 75.4 cm³/mol. The van der Waals surface area contributed by atoms with E-state index >= 15 is 0 Å². The van der Waals surface area contributed by atoms with Crippen molar-refractivity contribution in [1.29, 1.82) is 0 Å². The van der Waals surface area contributed by atoms with E-state index in [9.17, 15) is 18.4 Å². The first-order chi connectivity index (χ1) is 10.1. The molecule has 122 valence electrons. The molecule has 0 radical (unpaired) electrons. The molecule has 0 aromatic heterocycles. The fourth-order valence-corrected chi connectivity index (χ4v) is 1.73. The van der Waals surface area contributed by atoms with E-state index < -0.39 is 35.2 Å². The van der Waals surface area contributed by atoms with E-state index in [4.69, 9.17) is 9.84 Å². The first-order valence-corrected chi connectivity index (χ1v) is 6.72. The van der Waals surface area contributed by atoms with Gasteiger partial charge in [-0.1, -0.05) is 0 Å². The minimum Gasteiger partial charge on any atom is -0.481 e. The van der Waals surface area contributed by atoms with Gasteiger partial charge in [-0.25, -0.2) is 13.6 Å². The van der Waals surface area contributed by atoms with Crippen LogP contribution in [0.3, 0.4) is 0 Å². The summed E-state index contributed by atoms with van der Waals surface area (Å²) in [5, 5.41) is 11.4. The normalized spacial score (nSPS) is 12.6. The summed E-state index contributed by atoms with van der Waals surface area (Å²) in [5.74, 6) is -3.66. The van der Waals surface area contributed by atoms with Gasteiger partial charge < -0.3 is 15.2 Å². The lowest BCUT2D eigenvalue weighted by Gasteiger charge is -2.21. The van der Waals surface area contributed by atoms with E-state index in [0.29, 0.717) is 0 Å². The molecule has 0 heterocycles. The third-order valence-corrected chi connectivity index (χ3v) is 2.72. The lowest BCUT2D eigenvalue weighted by atomic mass is 9.99. The number of benzene rings is 1. The Kier molecular flexibility index (Phi) is 5.84. The molecule has 1 atom stereocenters. The van der Waals surface area contributed by atoms with Crippen molar-refractivity contribution in [3.8, 4) is 0 Å². The number of aliphatic carboxylic acids is 1. The summed E-state index contributed by atoms with van der Waals surface area (Å²) in [7, 11) is 0. The number of ether oxygens (including phenoxy) is 1. The Morgan fingerprint density at radius 1 is 1.32 bits per heavy atom. The van der Waals surface area contributed by atoms with Crippen LogP contribution < -0.4 is 5.32 Å². The molecule has 0 saturated heterocycles. The van der Waals surface area contributed by atoms with Crippen molar-refractivity contribution in [2.24, 2.45) is 5.92 Å². The van der Waals surface area contributed by atoms with Gasteiger partial charge in [-0.2, -0.15) is 0 Å². The lowest BCUT2D eigenvalue weighted by molar-refractivity contribution is -0.141. The third kappa shape index (κ3) is 6.07. The van der Waals surface area contributed by atoms with Crippen molar-refractivity contribution in [1.82, 2.24) is 5.32 Å². The molecule has 5 nitrogen and oxygen atoms in total. The summed E-state index contributed by atoms with van der Waals surface area (Å²) < 4.78 is 31.6. The standard InChI is InChI=1S/C15H19F2NO4/c1-15(2,3)22-14(21)18-8-10(13(19)20)6-9-7-11(16)4-5-12(9)17/h4-5,7,10H,6,8H2,1-3H3,(H,18,21)(H,19,20)/t10-/m1/s1. The summed E-state index contributed by atoms with van der Waals surface area (Å²) in [5.41, 5.74) is -0.768. The van der Waals surface area contributed by atoms with Gasteiger partial charge in [0.1, 0.15) is 17.2 Å². The number of hydrogen-bond donors (Lipinski definition) is 2. The van der Waals surface area contributed by atoms with E-state index in [-0.39, 0.29) is 18.5 Å². The Morgan fingerprint density at radius 2 is 1.95 bits per heavy atom. The average Bonchev–Trinajstić information content (AvgIpc) is 2.36. The summed E-state index contributed by atoms with van der Waals surface area (Å²) in [6.07, 6.45) is -1.01. The number of alkyl carbamates (subject to hydrolysis) is 1. The van der Waals surface area contributed by atoms with Crippen LogP contribution in [0.5, 0.6) is 0 Å². The number of carboxylic acid groups (broad SMARTS) is 1. The predicted octanol–water partition coefficient (Wildman–Crippen LogP) is 2.73. The molecule has 0 bridgehead atoms. The van der Waals surface area contributed by atoms with Crippen molar-refractivity contribution in [3.05, 3.63) is 35.4 Å². The molecular formula is C15H19F2NO4. The first-order valence-electron chi connectivity index (χ1n) is 6.72. The molecular weight excluding hydrogens is 296 g/mol. The van der Waals surface area contributed by atoms with Crippen LogP contribution in [0, 0.1) is 17.6 Å². The van der Waals surface area contributed by atoms with Crippen LogP contribution in [0.2, 0.25) is 0 Å². The number of carbonyl (C=O) groups is 2. The zero-order valence-electron chi connectivity index (χ0n) is 12.7. The van der Waals surface area contributed by atoms with Gasteiger partial charge >= 0.3 is 12.1 Å². The Balaban J connectivity index is 2.69. The third-order valence-electron chi connectivity index (χ3n) is 2.72. The van der Waals surface area contributed by atoms with E-state index in [1.165, 1.54) is 0 Å². The molecule has 0 unspecified atom stereocenters. The molecule has 0 spiro atoms. The fourth-order valence-electron chi connectivity index (χ4n) is 1.73. The summed E-state index contributed by atoms with van der Waals surface area (Å²) in [4.78, 5) is 22.7. The minimum absolute atomic E-state index is 0.0570. The molecule has 1 amide bonds. The molecule has 1 aromatic carbocycles. The van der Waals surface area contributed by atoms with Crippen molar-refractivity contribution >= 4 is 12.1 Å². The molecule has 1 aromatic rings. The zero-order chi connectivity index (χ0) is 16.9. The van der Waals surface area contributed by atoms with E-state index in [1.807, 2.05) is 0 Å². The highest BCUT2D eigenvalue weighted by Gasteiger charge is 2.23. The van der Waals surface area contributed by atoms with Gasteiger partial charge in [0, 0.05) is 6.54 Å². The van der Waals surface area contributed by atoms with Gasteiger partial charge in [0.15, 0.2) is 0 Å². The van der Waals surface area contributed by atoms with Gasteiger partial charge in [0.05, 0.1) is 5.92 Å². The van der Waals surface area contributed by atoms with Gasteiger partial charge in [0.2, 0.25) is 0 Å². The lowest BCUT2D eigenvalue weighted by Crippen LogP contribution is -2.38. The Labute approximate surface area is 127 Å². The molecule has 0 saturated carbocycles. The largest absolute Gasteiger partial charge is 0.481 e. The van der Waals surface area contributed by atoms with Crippen molar-refractivity contribution in [2.75, 3.05) is 6.54 Å². The smallest absolute Gasteiger partial charge is 0.407 e. The number of amides is 1. The quantitative estimate of drug-likeness (QED) is 0.876. The monoisotopic (exact) mass is 315 g/mol. The van der Waals surface area contributed by atoms with Gasteiger partial charge in [-0.05, 0) is 51.0 Å². The summed E-state index contributed by atoms with van der Waals surface area (Å²) >= 11 is 0. The van der Waals surface area contributed by atoms with Gasteiger partial charge in [0.25, 0.3) is 0 Å². The summed E-state index contributed by atoms with van der Waals surface area (Å²) in [6.45, 7) is 4.76. The molecule has 22 heavy (non-hydrogen) atoms. The van der Waals surface area contributed by atoms with Crippen LogP contribution in [0.25, 0.3) is 0 Å². The van der Waals surface area contributed by atoms with E-state index in [1.54, 1.807) is 20.8 Å². The molecule has 0 aliphatic rings. The highest BCUT2D eigenvalue weighted by molar-refractivity contribution is 5.73. The summed E-state index contributed by atoms with van der Waals surface area (Å²) in [6, 6.07) is 2.83. The molecule has 0 fully saturated rings. The number of carbonyl (C=O) groups excluding carboxylic acids is 1. The van der Waals surface area contributed by atoms with Crippen LogP contribution in [-0.4, -0.2) is 29.3 Å². The van der Waals surface area contributed by atoms with Crippen LogP contribution in [-0.2, 0) is 16.0 Å². The molecule has 1 rings (SSSR count). The second-order valence-corrected chi connectivity index (χ2v) is 5.86. The molecule has 2 N–H and O–H groups in total. The number of carboxylic acids is 1. The van der Waals surface area contributed by atoms with Crippen molar-refractivity contribution in [2.45, 2.75) is 32.8 Å².